The Bertz CT molecular complexity index is 1470. The maximum atomic E-state index is 13.1. The van der Waals surface area contributed by atoms with Gasteiger partial charge >= 0.3 is 6.03 Å². The molecule has 37 heavy (non-hydrogen) atoms. The SMILES string of the molecule is COc1cc(/C=C2\C(=O)NC(=O)N(c3cccc([N+](=O)[O-])c3)C2=O)cc(Cl)c1OCc1cccc(Cl)c1. The molecular weight excluding hydrogens is 525 g/mol. The van der Waals surface area contributed by atoms with E-state index >= 15 is 0 Å². The van der Waals surface area contributed by atoms with Gasteiger partial charge in [0, 0.05) is 17.2 Å². The number of non-ortho nitro benzene ring substituents is 1. The van der Waals surface area contributed by atoms with Crippen molar-refractivity contribution in [2.75, 3.05) is 12.0 Å². The molecule has 4 rings (SSSR count). The van der Waals surface area contributed by atoms with Gasteiger partial charge in [-0.1, -0.05) is 41.4 Å². The Labute approximate surface area is 220 Å². The van der Waals surface area contributed by atoms with E-state index in [1.54, 1.807) is 18.2 Å². The predicted octanol–water partition coefficient (Wildman–Crippen LogP) is 5.16. The van der Waals surface area contributed by atoms with E-state index in [0.29, 0.717) is 15.5 Å². The molecular formula is C25H17Cl2N3O7. The van der Waals surface area contributed by atoms with Crippen molar-refractivity contribution in [2.24, 2.45) is 0 Å². The number of urea groups is 1. The highest BCUT2D eigenvalue weighted by molar-refractivity contribution is 6.39. The van der Waals surface area contributed by atoms with Gasteiger partial charge in [0.2, 0.25) is 0 Å². The van der Waals surface area contributed by atoms with Crippen LogP contribution < -0.4 is 19.7 Å². The fourth-order valence-corrected chi connectivity index (χ4v) is 4.04. The number of nitrogens with one attached hydrogen (secondary N) is 1. The quantitative estimate of drug-likeness (QED) is 0.189. The highest BCUT2D eigenvalue weighted by Crippen LogP contribution is 2.38. The summed E-state index contributed by atoms with van der Waals surface area (Å²) in [6.45, 7) is 0.151. The number of halogens is 2. The number of rotatable bonds is 7. The highest BCUT2D eigenvalue weighted by Gasteiger charge is 2.37. The average Bonchev–Trinajstić information content (AvgIpc) is 2.85. The van der Waals surface area contributed by atoms with Gasteiger partial charge in [-0.05, 0) is 47.5 Å². The lowest BCUT2D eigenvalue weighted by Crippen LogP contribution is -2.54. The molecule has 3 aromatic rings. The van der Waals surface area contributed by atoms with Crippen molar-refractivity contribution in [3.8, 4) is 11.5 Å². The van der Waals surface area contributed by atoms with Gasteiger partial charge in [0.25, 0.3) is 17.5 Å². The van der Waals surface area contributed by atoms with E-state index in [1.807, 2.05) is 6.07 Å². The molecule has 1 fully saturated rings. The Morgan fingerprint density at radius 3 is 2.51 bits per heavy atom. The molecule has 0 saturated carbocycles. The van der Waals surface area contributed by atoms with Crippen LogP contribution in [-0.2, 0) is 16.2 Å². The smallest absolute Gasteiger partial charge is 0.335 e. The van der Waals surface area contributed by atoms with Crippen LogP contribution in [-0.4, -0.2) is 29.9 Å². The molecule has 3 aromatic carbocycles. The second-order valence-electron chi connectivity index (χ2n) is 7.69. The Morgan fingerprint density at radius 1 is 1.05 bits per heavy atom. The van der Waals surface area contributed by atoms with E-state index in [1.165, 1.54) is 43.5 Å². The molecule has 188 valence electrons. The number of methoxy groups -OCH3 is 1. The first-order valence-electron chi connectivity index (χ1n) is 10.6. The Balaban J connectivity index is 1.65. The van der Waals surface area contributed by atoms with Crippen LogP contribution in [0, 0.1) is 10.1 Å². The monoisotopic (exact) mass is 541 g/mol. The van der Waals surface area contributed by atoms with Gasteiger partial charge in [-0.3, -0.25) is 25.0 Å². The summed E-state index contributed by atoms with van der Waals surface area (Å²) in [6, 6.07) is 13.9. The van der Waals surface area contributed by atoms with Gasteiger partial charge in [0.1, 0.15) is 12.2 Å². The minimum Gasteiger partial charge on any atom is -0.493 e. The Kier molecular flexibility index (Phi) is 7.42. The van der Waals surface area contributed by atoms with Crippen molar-refractivity contribution in [3.05, 3.63) is 97.5 Å². The van der Waals surface area contributed by atoms with Gasteiger partial charge in [-0.25, -0.2) is 9.69 Å². The van der Waals surface area contributed by atoms with Crippen molar-refractivity contribution in [2.45, 2.75) is 6.61 Å². The standard InChI is InChI=1S/C25H17Cl2N3O7/c1-36-21-11-15(10-20(27)22(21)37-13-14-4-2-5-16(26)8-14)9-19-23(31)28-25(33)29(24(19)32)17-6-3-7-18(12-17)30(34)35/h2-12H,13H2,1H3,(H,28,31,33)/b19-9+. The number of nitro groups is 1. The summed E-state index contributed by atoms with van der Waals surface area (Å²) in [5.74, 6) is -1.44. The zero-order valence-corrected chi connectivity index (χ0v) is 20.6. The number of ether oxygens (including phenoxy) is 2. The third-order valence-corrected chi connectivity index (χ3v) is 5.75. The van der Waals surface area contributed by atoms with E-state index in [2.05, 4.69) is 5.32 Å². The number of carbonyl (C=O) groups is 3. The highest BCUT2D eigenvalue weighted by atomic mass is 35.5. The summed E-state index contributed by atoms with van der Waals surface area (Å²) in [6.07, 6.45) is 1.23. The predicted molar refractivity (Wildman–Crippen MR) is 136 cm³/mol. The lowest BCUT2D eigenvalue weighted by molar-refractivity contribution is -0.384. The zero-order valence-electron chi connectivity index (χ0n) is 19.1. The van der Waals surface area contributed by atoms with E-state index in [0.717, 1.165) is 11.6 Å². The topological polar surface area (TPSA) is 128 Å². The van der Waals surface area contributed by atoms with Crippen LogP contribution in [0.5, 0.6) is 11.5 Å². The third-order valence-electron chi connectivity index (χ3n) is 5.24. The van der Waals surface area contributed by atoms with Crippen molar-refractivity contribution in [1.82, 2.24) is 5.32 Å². The van der Waals surface area contributed by atoms with E-state index in [-0.39, 0.29) is 34.5 Å². The molecule has 0 radical (unpaired) electrons. The maximum absolute atomic E-state index is 13.1. The van der Waals surface area contributed by atoms with Crippen molar-refractivity contribution in [3.63, 3.8) is 0 Å². The van der Waals surface area contributed by atoms with E-state index in [9.17, 15) is 24.5 Å². The van der Waals surface area contributed by atoms with Crippen molar-refractivity contribution < 1.29 is 28.8 Å². The molecule has 1 aliphatic heterocycles. The molecule has 4 amide bonds. The first-order chi connectivity index (χ1) is 17.7. The second kappa shape index (κ2) is 10.7. The first kappa shape index (κ1) is 25.7. The van der Waals surface area contributed by atoms with Gasteiger partial charge in [-0.2, -0.15) is 0 Å². The van der Waals surface area contributed by atoms with Crippen LogP contribution in [0.25, 0.3) is 6.08 Å². The normalized spacial score (nSPS) is 14.5. The summed E-state index contributed by atoms with van der Waals surface area (Å²) in [7, 11) is 1.40. The minimum atomic E-state index is -1.03. The van der Waals surface area contributed by atoms with Gasteiger partial charge < -0.3 is 9.47 Å². The van der Waals surface area contributed by atoms with Crippen LogP contribution in [0.2, 0.25) is 10.0 Å². The number of barbiturate groups is 1. The summed E-state index contributed by atoms with van der Waals surface area (Å²) in [5.41, 5.74) is 0.314. The number of anilines is 1. The molecule has 10 nitrogen and oxygen atoms in total. The third kappa shape index (κ3) is 5.55. The summed E-state index contributed by atoms with van der Waals surface area (Å²) in [5, 5.41) is 13.9. The number of nitrogens with zero attached hydrogens (tertiary/aromatic N) is 2. The molecule has 1 aliphatic rings. The largest absolute Gasteiger partial charge is 0.493 e. The fraction of sp³-hybridized carbons (Fsp3) is 0.0800. The molecule has 0 spiro atoms. The van der Waals surface area contributed by atoms with Crippen LogP contribution in [0.1, 0.15) is 11.1 Å². The number of carbonyl (C=O) groups excluding carboxylic acids is 3. The van der Waals surface area contributed by atoms with Crippen molar-refractivity contribution >= 4 is 58.5 Å². The van der Waals surface area contributed by atoms with Gasteiger partial charge in [-0.15, -0.1) is 0 Å². The van der Waals surface area contributed by atoms with Crippen LogP contribution in [0.15, 0.2) is 66.2 Å². The maximum Gasteiger partial charge on any atom is 0.335 e. The number of nitro benzene ring substituents is 1. The van der Waals surface area contributed by atoms with E-state index in [4.69, 9.17) is 32.7 Å². The molecule has 1 N–H and O–H groups in total. The second-order valence-corrected chi connectivity index (χ2v) is 8.53. The molecule has 1 saturated heterocycles. The molecule has 0 unspecified atom stereocenters. The Hall–Kier alpha value is -4.41. The van der Waals surface area contributed by atoms with Gasteiger partial charge in [0.15, 0.2) is 11.5 Å². The average molecular weight is 542 g/mol. The summed E-state index contributed by atoms with van der Waals surface area (Å²) >= 11 is 12.4. The molecule has 0 atom stereocenters. The molecule has 12 heteroatoms. The first-order valence-corrected chi connectivity index (χ1v) is 11.3. The summed E-state index contributed by atoms with van der Waals surface area (Å²) in [4.78, 5) is 49.1. The number of hydrogen-bond acceptors (Lipinski definition) is 7. The molecule has 0 aromatic heterocycles. The number of amides is 4. The van der Waals surface area contributed by atoms with Crippen molar-refractivity contribution in [1.29, 1.82) is 0 Å². The Morgan fingerprint density at radius 2 is 1.81 bits per heavy atom. The van der Waals surface area contributed by atoms with E-state index < -0.39 is 28.3 Å². The molecule has 1 heterocycles. The number of benzene rings is 3. The van der Waals surface area contributed by atoms with Gasteiger partial charge in [0.05, 0.1) is 22.7 Å². The van der Waals surface area contributed by atoms with Crippen LogP contribution >= 0.6 is 23.2 Å². The fourth-order valence-electron chi connectivity index (χ4n) is 3.55. The summed E-state index contributed by atoms with van der Waals surface area (Å²) < 4.78 is 11.2. The molecule has 0 bridgehead atoms. The minimum absolute atomic E-state index is 0.0736. The van der Waals surface area contributed by atoms with Crippen LogP contribution in [0.3, 0.4) is 0 Å². The number of hydrogen-bond donors (Lipinski definition) is 1. The lowest BCUT2D eigenvalue weighted by atomic mass is 10.1. The number of imide groups is 2. The zero-order chi connectivity index (χ0) is 26.7. The lowest BCUT2D eigenvalue weighted by Gasteiger charge is -2.26. The molecule has 0 aliphatic carbocycles. The van der Waals surface area contributed by atoms with Crippen LogP contribution in [0.4, 0.5) is 16.2 Å².